The highest BCUT2D eigenvalue weighted by molar-refractivity contribution is 6.04. The van der Waals surface area contributed by atoms with Gasteiger partial charge in [0.2, 0.25) is 0 Å². The van der Waals surface area contributed by atoms with Crippen LogP contribution in [-0.4, -0.2) is 26.0 Å². The highest BCUT2D eigenvalue weighted by Gasteiger charge is 2.38. The van der Waals surface area contributed by atoms with Crippen molar-refractivity contribution in [3.63, 3.8) is 0 Å². The molecule has 7 rings (SSSR count). The molecule has 0 unspecified atom stereocenters. The molecule has 3 atom stereocenters. The van der Waals surface area contributed by atoms with Gasteiger partial charge in [0.25, 0.3) is 0 Å². The predicted molar refractivity (Wildman–Crippen MR) is 118 cm³/mol. The number of hydrogen-bond acceptors (Lipinski definition) is 3. The molecule has 30 heavy (non-hydrogen) atoms. The van der Waals surface area contributed by atoms with Crippen molar-refractivity contribution in [1.29, 1.82) is 0 Å². The quantitative estimate of drug-likeness (QED) is 0.389. The molecule has 3 heterocycles. The molecule has 4 aromatic rings. The van der Waals surface area contributed by atoms with E-state index in [1.54, 1.807) is 6.33 Å². The van der Waals surface area contributed by atoms with Crippen LogP contribution in [0.1, 0.15) is 37.5 Å². The number of H-pyrrole nitrogens is 2. The van der Waals surface area contributed by atoms with Gasteiger partial charge in [-0.25, -0.2) is 9.97 Å². The van der Waals surface area contributed by atoms with Gasteiger partial charge in [0.15, 0.2) is 0 Å². The molecule has 2 fully saturated rings. The third-order valence-electron chi connectivity index (χ3n) is 7.28. The summed E-state index contributed by atoms with van der Waals surface area (Å²) in [5.41, 5.74) is 9.81. The lowest BCUT2D eigenvalue weighted by Crippen LogP contribution is -2.24. The first-order chi connectivity index (χ1) is 14.8. The number of benzene rings is 2. The predicted octanol–water partition coefficient (Wildman–Crippen LogP) is 5.32. The van der Waals surface area contributed by atoms with E-state index >= 15 is 0 Å². The fraction of sp³-hybridized carbons (Fsp3) is 0.280. The minimum Gasteiger partial charge on any atom is -0.345 e. The molecule has 0 amide bonds. The molecule has 0 radical (unpaired) electrons. The molecule has 5 heteroatoms. The van der Waals surface area contributed by atoms with Gasteiger partial charge >= 0.3 is 0 Å². The summed E-state index contributed by atoms with van der Waals surface area (Å²) < 4.78 is 0. The van der Waals surface area contributed by atoms with E-state index in [-0.39, 0.29) is 0 Å². The van der Waals surface area contributed by atoms with Crippen LogP contribution in [0.4, 0.5) is 0 Å². The van der Waals surface area contributed by atoms with Gasteiger partial charge in [-0.05, 0) is 59.6 Å². The van der Waals surface area contributed by atoms with Gasteiger partial charge in [0.05, 0.1) is 36.2 Å². The Balaban J connectivity index is 1.17. The van der Waals surface area contributed by atoms with Gasteiger partial charge in [0.1, 0.15) is 5.82 Å². The zero-order valence-corrected chi connectivity index (χ0v) is 16.7. The van der Waals surface area contributed by atoms with Crippen molar-refractivity contribution < 1.29 is 0 Å². The van der Waals surface area contributed by atoms with Crippen LogP contribution in [0.25, 0.3) is 44.8 Å². The van der Waals surface area contributed by atoms with Crippen molar-refractivity contribution in [2.45, 2.75) is 37.8 Å². The number of nitrogens with zero attached hydrogens (tertiary/aromatic N) is 2. The summed E-state index contributed by atoms with van der Waals surface area (Å²) in [7, 11) is 0. The van der Waals surface area contributed by atoms with Gasteiger partial charge in [0, 0.05) is 17.2 Å². The highest BCUT2D eigenvalue weighted by Crippen LogP contribution is 2.49. The molecule has 2 aromatic carbocycles. The second-order valence-corrected chi connectivity index (χ2v) is 8.92. The number of aromatic nitrogens is 4. The normalized spacial score (nSPS) is 23.7. The summed E-state index contributed by atoms with van der Waals surface area (Å²) in [6, 6.07) is 14.5. The van der Waals surface area contributed by atoms with E-state index in [2.05, 4.69) is 56.7 Å². The number of fused-ring (bicyclic) bond motifs is 5. The monoisotopic (exact) mass is 393 g/mol. The average Bonchev–Trinajstić information content (AvgIpc) is 3.54. The van der Waals surface area contributed by atoms with E-state index in [9.17, 15) is 0 Å². The molecule has 3 N–H and O–H groups in total. The molecule has 3 aliphatic rings. The second-order valence-electron chi connectivity index (χ2n) is 8.92. The van der Waals surface area contributed by atoms with Crippen molar-refractivity contribution in [3.8, 4) is 44.8 Å². The summed E-state index contributed by atoms with van der Waals surface area (Å²) in [5.74, 6) is 1.93. The fourth-order valence-corrected chi connectivity index (χ4v) is 5.71. The SMILES string of the molecule is c1ncc(-c2ccc3c(c2)-c2ccc(-c4cnc([C@@H]5C[C@@H]6CCC[C@@H]6N5)[nH]4)cc2-3)[nH]1. The van der Waals surface area contributed by atoms with Crippen molar-refractivity contribution >= 4 is 0 Å². The first kappa shape index (κ1) is 16.6. The van der Waals surface area contributed by atoms with Gasteiger partial charge in [-0.3, -0.25) is 0 Å². The van der Waals surface area contributed by atoms with Crippen molar-refractivity contribution in [2.75, 3.05) is 0 Å². The van der Waals surface area contributed by atoms with Crippen molar-refractivity contribution in [1.82, 2.24) is 25.3 Å². The molecular weight excluding hydrogens is 370 g/mol. The van der Waals surface area contributed by atoms with Crippen LogP contribution >= 0.6 is 0 Å². The minimum absolute atomic E-state index is 0.377. The molecule has 1 saturated carbocycles. The molecule has 148 valence electrons. The van der Waals surface area contributed by atoms with E-state index in [0.29, 0.717) is 12.1 Å². The highest BCUT2D eigenvalue weighted by atomic mass is 15.1. The summed E-state index contributed by atoms with van der Waals surface area (Å²) in [4.78, 5) is 15.7. The molecule has 1 saturated heterocycles. The van der Waals surface area contributed by atoms with E-state index in [0.717, 1.165) is 23.1 Å². The molecule has 2 aliphatic carbocycles. The Bertz CT molecular complexity index is 1240. The Morgan fingerprint density at radius 3 is 2.37 bits per heavy atom. The minimum atomic E-state index is 0.377. The van der Waals surface area contributed by atoms with Crippen molar-refractivity contribution in [3.05, 3.63) is 60.9 Å². The number of hydrogen-bond donors (Lipinski definition) is 3. The number of rotatable bonds is 3. The van der Waals surface area contributed by atoms with E-state index in [1.807, 2.05) is 12.4 Å². The van der Waals surface area contributed by atoms with Gasteiger partial charge < -0.3 is 15.3 Å². The Kier molecular flexibility index (Phi) is 3.41. The molecular formula is C25H23N5. The first-order valence-electron chi connectivity index (χ1n) is 10.9. The zero-order chi connectivity index (χ0) is 19.7. The maximum Gasteiger partial charge on any atom is 0.123 e. The molecule has 1 aliphatic heterocycles. The first-order valence-corrected chi connectivity index (χ1v) is 10.9. The third-order valence-corrected chi connectivity index (χ3v) is 7.28. The van der Waals surface area contributed by atoms with Crippen LogP contribution in [0.2, 0.25) is 0 Å². The molecule has 0 spiro atoms. The maximum atomic E-state index is 4.73. The van der Waals surface area contributed by atoms with E-state index in [1.165, 1.54) is 59.1 Å². The number of nitrogens with one attached hydrogen (secondary N) is 3. The van der Waals surface area contributed by atoms with Crippen LogP contribution in [0.15, 0.2) is 55.1 Å². The summed E-state index contributed by atoms with van der Waals surface area (Å²) in [5, 5.41) is 3.79. The smallest absolute Gasteiger partial charge is 0.123 e. The summed E-state index contributed by atoms with van der Waals surface area (Å²) >= 11 is 0. The standard InChI is InChI=1S/C25H23N5/c1-2-14-10-22(29-21(14)3-1)25-27-12-24(30-25)16-5-7-18-19-8-15(23-11-26-13-28-23)4-6-17(19)20(18)9-16/h4-9,11-14,21-22,29H,1-3,10H2,(H,26,28)(H,27,30)/t14-,21-,22-/m0/s1. The maximum absolute atomic E-state index is 4.73. The van der Waals surface area contributed by atoms with E-state index in [4.69, 9.17) is 4.98 Å². The van der Waals surface area contributed by atoms with Crippen LogP contribution in [0, 0.1) is 5.92 Å². The van der Waals surface area contributed by atoms with Crippen LogP contribution in [-0.2, 0) is 0 Å². The molecule has 0 bridgehead atoms. The number of aromatic amines is 2. The lowest BCUT2D eigenvalue weighted by molar-refractivity contribution is 0.516. The second kappa shape index (κ2) is 6.16. The van der Waals surface area contributed by atoms with Gasteiger partial charge in [-0.1, -0.05) is 30.7 Å². The average molecular weight is 393 g/mol. The molecule has 5 nitrogen and oxygen atoms in total. The topological polar surface area (TPSA) is 69.4 Å². The lowest BCUT2D eigenvalue weighted by atomic mass is 9.78. The number of imidazole rings is 2. The Morgan fingerprint density at radius 2 is 1.63 bits per heavy atom. The molecule has 2 aromatic heterocycles. The lowest BCUT2D eigenvalue weighted by Gasteiger charge is -2.25. The Morgan fingerprint density at radius 1 is 0.833 bits per heavy atom. The summed E-state index contributed by atoms with van der Waals surface area (Å²) in [6.45, 7) is 0. The van der Waals surface area contributed by atoms with Crippen LogP contribution in [0.3, 0.4) is 0 Å². The Labute approximate surface area is 175 Å². The zero-order valence-electron chi connectivity index (χ0n) is 16.7. The van der Waals surface area contributed by atoms with E-state index < -0.39 is 0 Å². The largest absolute Gasteiger partial charge is 0.345 e. The van der Waals surface area contributed by atoms with Crippen LogP contribution in [0.5, 0.6) is 0 Å². The fourth-order valence-electron chi connectivity index (χ4n) is 5.71. The van der Waals surface area contributed by atoms with Gasteiger partial charge in [-0.2, -0.15) is 0 Å². The van der Waals surface area contributed by atoms with Gasteiger partial charge in [-0.15, -0.1) is 0 Å². The summed E-state index contributed by atoms with van der Waals surface area (Å²) in [6.07, 6.45) is 10.9. The van der Waals surface area contributed by atoms with Crippen molar-refractivity contribution in [2.24, 2.45) is 5.92 Å². The van der Waals surface area contributed by atoms with Crippen LogP contribution < -0.4 is 5.32 Å². The Hall–Kier alpha value is -3.18. The third kappa shape index (κ3) is 2.39.